The van der Waals surface area contributed by atoms with Crippen LogP contribution < -0.4 is 5.32 Å². The zero-order valence-electron chi connectivity index (χ0n) is 18.3. The molecule has 0 saturated heterocycles. The highest BCUT2D eigenvalue weighted by Gasteiger charge is 2.61. The number of carbonyl (C=O) groups is 2. The van der Waals surface area contributed by atoms with Gasteiger partial charge in [0.2, 0.25) is 0 Å². The monoisotopic (exact) mass is 415 g/mol. The van der Waals surface area contributed by atoms with Gasteiger partial charge in [-0.15, -0.1) is 0 Å². The number of aliphatic hydroxyl groups is 1. The number of amides is 1. The number of nitrogens with one attached hydrogen (secondary N) is 1. The van der Waals surface area contributed by atoms with Gasteiger partial charge in [-0.3, -0.25) is 9.59 Å². The fourth-order valence-electron chi connectivity index (χ4n) is 9.88. The van der Waals surface area contributed by atoms with E-state index in [0.717, 1.165) is 49.9 Å². The molecule has 3 atom stereocenters. The Labute approximate surface area is 179 Å². The largest absolute Gasteiger partial charge is 0.455 e. The predicted octanol–water partition coefficient (Wildman–Crippen LogP) is 3.58. The first-order valence-electron chi connectivity index (χ1n) is 12.4. The van der Waals surface area contributed by atoms with Crippen LogP contribution in [0.15, 0.2) is 0 Å². The molecule has 8 aliphatic rings. The summed E-state index contributed by atoms with van der Waals surface area (Å²) < 4.78 is 5.59. The Morgan fingerprint density at radius 3 is 1.97 bits per heavy atom. The van der Waals surface area contributed by atoms with Crippen molar-refractivity contribution in [3.05, 3.63) is 0 Å². The maximum absolute atomic E-state index is 13.0. The highest BCUT2D eigenvalue weighted by molar-refractivity contribution is 5.83. The second kappa shape index (κ2) is 6.46. The molecule has 3 unspecified atom stereocenters. The average Bonchev–Trinajstić information content (AvgIpc) is 2.63. The maximum Gasteiger partial charge on any atom is 0.312 e. The average molecular weight is 416 g/mol. The van der Waals surface area contributed by atoms with Gasteiger partial charge in [0, 0.05) is 6.04 Å². The summed E-state index contributed by atoms with van der Waals surface area (Å²) in [4.78, 5) is 25.7. The summed E-state index contributed by atoms with van der Waals surface area (Å²) in [6.07, 6.45) is 12.9. The molecule has 1 amide bonds. The molecule has 8 rings (SSSR count). The van der Waals surface area contributed by atoms with Crippen molar-refractivity contribution < 1.29 is 19.4 Å². The number of carbonyl (C=O) groups excluding carboxylic acids is 2. The third-order valence-electron chi connectivity index (χ3n) is 10.2. The molecule has 0 spiro atoms. The van der Waals surface area contributed by atoms with Crippen LogP contribution in [0, 0.1) is 40.4 Å². The lowest BCUT2D eigenvalue weighted by Crippen LogP contribution is -2.59. The first-order chi connectivity index (χ1) is 14.2. The van der Waals surface area contributed by atoms with Gasteiger partial charge in [0.25, 0.3) is 5.91 Å². The third-order valence-corrected chi connectivity index (χ3v) is 10.2. The minimum atomic E-state index is -0.682. The number of hydrogen-bond acceptors (Lipinski definition) is 4. The summed E-state index contributed by atoms with van der Waals surface area (Å²) in [5.41, 5.74) is -0.972. The Kier molecular flexibility index (Phi) is 4.22. The molecule has 2 N–H and O–H groups in total. The SMILES string of the molecule is CC(NC(=O)COC(=O)C12CC3CC(CC(O)(C3)C1)C2)C12CC3CC(CC(C3)C1)C2. The van der Waals surface area contributed by atoms with Crippen molar-refractivity contribution in [2.45, 2.75) is 95.6 Å². The molecule has 0 radical (unpaired) electrons. The molecule has 8 bridgehead atoms. The second-order valence-corrected chi connectivity index (χ2v) is 12.6. The van der Waals surface area contributed by atoms with Gasteiger partial charge in [0.1, 0.15) is 0 Å². The molecule has 0 aromatic heterocycles. The van der Waals surface area contributed by atoms with Crippen molar-refractivity contribution in [1.82, 2.24) is 5.32 Å². The lowest BCUT2D eigenvalue weighted by Gasteiger charge is -2.59. The summed E-state index contributed by atoms with van der Waals surface area (Å²) in [5, 5.41) is 14.1. The van der Waals surface area contributed by atoms with Crippen LogP contribution in [0.5, 0.6) is 0 Å². The molecule has 166 valence electrons. The fourth-order valence-corrected chi connectivity index (χ4v) is 9.88. The fraction of sp³-hybridized carbons (Fsp3) is 0.920. The van der Waals surface area contributed by atoms with E-state index in [4.69, 9.17) is 4.74 Å². The van der Waals surface area contributed by atoms with E-state index < -0.39 is 11.0 Å². The van der Waals surface area contributed by atoms with Gasteiger partial charge in [-0.1, -0.05) is 0 Å². The highest BCUT2D eigenvalue weighted by Crippen LogP contribution is 2.62. The molecule has 5 heteroatoms. The quantitative estimate of drug-likeness (QED) is 0.673. The summed E-state index contributed by atoms with van der Waals surface area (Å²) in [6.45, 7) is 1.99. The van der Waals surface area contributed by atoms with Crippen LogP contribution in [0.4, 0.5) is 0 Å². The molecular formula is C25H37NO4. The van der Waals surface area contributed by atoms with E-state index in [2.05, 4.69) is 12.2 Å². The number of esters is 1. The van der Waals surface area contributed by atoms with Gasteiger partial charge >= 0.3 is 5.97 Å². The molecular weight excluding hydrogens is 378 g/mol. The van der Waals surface area contributed by atoms with Crippen molar-refractivity contribution in [3.63, 3.8) is 0 Å². The topological polar surface area (TPSA) is 75.6 Å². The van der Waals surface area contributed by atoms with Gasteiger partial charge in [0.05, 0.1) is 11.0 Å². The lowest BCUT2D eigenvalue weighted by atomic mass is 9.48. The molecule has 8 fully saturated rings. The molecule has 8 saturated carbocycles. The minimum absolute atomic E-state index is 0.150. The molecule has 5 nitrogen and oxygen atoms in total. The zero-order chi connectivity index (χ0) is 20.7. The molecule has 0 aromatic carbocycles. The van der Waals surface area contributed by atoms with Gasteiger partial charge in [-0.2, -0.15) is 0 Å². The first kappa shape index (κ1) is 19.6. The van der Waals surface area contributed by atoms with Gasteiger partial charge in [-0.25, -0.2) is 0 Å². The van der Waals surface area contributed by atoms with Crippen LogP contribution in [0.25, 0.3) is 0 Å². The summed E-state index contributed by atoms with van der Waals surface area (Å²) in [6, 6.07) is 0.150. The Morgan fingerprint density at radius 2 is 1.43 bits per heavy atom. The Morgan fingerprint density at radius 1 is 0.900 bits per heavy atom. The number of hydrogen-bond donors (Lipinski definition) is 2. The number of ether oxygens (including phenoxy) is 1. The molecule has 0 aliphatic heterocycles. The Hall–Kier alpha value is -1.10. The van der Waals surface area contributed by atoms with Gasteiger partial charge in [0.15, 0.2) is 6.61 Å². The van der Waals surface area contributed by atoms with E-state index in [9.17, 15) is 14.7 Å². The Bertz CT molecular complexity index is 711. The van der Waals surface area contributed by atoms with Crippen LogP contribution in [-0.2, 0) is 14.3 Å². The van der Waals surface area contributed by atoms with E-state index in [-0.39, 0.29) is 29.9 Å². The van der Waals surface area contributed by atoms with E-state index in [1.54, 1.807) is 0 Å². The van der Waals surface area contributed by atoms with E-state index >= 15 is 0 Å². The maximum atomic E-state index is 13.0. The molecule has 0 heterocycles. The van der Waals surface area contributed by atoms with Crippen molar-refractivity contribution in [3.8, 4) is 0 Å². The third kappa shape index (κ3) is 3.05. The number of rotatable bonds is 5. The van der Waals surface area contributed by atoms with E-state index in [0.29, 0.717) is 18.3 Å². The standard InChI is InChI=1S/C25H37NO4/c1-15(23-6-16-2-17(7-23)4-18(3-16)8-23)26-21(27)13-30-22(28)24-9-19-5-20(10-24)12-25(29,11-19)14-24/h15-20,29H,2-14H2,1H3,(H,26,27). The molecule has 8 aliphatic carbocycles. The van der Waals surface area contributed by atoms with E-state index in [1.807, 2.05) is 0 Å². The smallest absolute Gasteiger partial charge is 0.312 e. The first-order valence-corrected chi connectivity index (χ1v) is 12.4. The van der Waals surface area contributed by atoms with Crippen LogP contribution in [-0.4, -0.2) is 35.2 Å². The van der Waals surface area contributed by atoms with Crippen LogP contribution >= 0.6 is 0 Å². The van der Waals surface area contributed by atoms with Crippen LogP contribution in [0.3, 0.4) is 0 Å². The normalized spacial score (nSPS) is 51.1. The second-order valence-electron chi connectivity index (χ2n) is 12.6. The van der Waals surface area contributed by atoms with Crippen LogP contribution in [0.2, 0.25) is 0 Å². The van der Waals surface area contributed by atoms with Gasteiger partial charge < -0.3 is 15.2 Å². The van der Waals surface area contributed by atoms with Gasteiger partial charge in [-0.05, 0) is 119 Å². The zero-order valence-corrected chi connectivity index (χ0v) is 18.3. The highest BCUT2D eigenvalue weighted by atomic mass is 16.5. The Balaban J connectivity index is 1.06. The summed E-state index contributed by atoms with van der Waals surface area (Å²) >= 11 is 0. The summed E-state index contributed by atoms with van der Waals surface area (Å²) in [5.74, 6) is 3.05. The molecule has 0 aromatic rings. The minimum Gasteiger partial charge on any atom is -0.455 e. The summed E-state index contributed by atoms with van der Waals surface area (Å²) in [7, 11) is 0. The van der Waals surface area contributed by atoms with Crippen LogP contribution in [0.1, 0.15) is 84.0 Å². The van der Waals surface area contributed by atoms with E-state index in [1.165, 1.54) is 38.5 Å². The van der Waals surface area contributed by atoms with Crippen molar-refractivity contribution >= 4 is 11.9 Å². The van der Waals surface area contributed by atoms with Crippen molar-refractivity contribution in [2.75, 3.05) is 6.61 Å². The lowest BCUT2D eigenvalue weighted by molar-refractivity contribution is -0.196. The molecule has 30 heavy (non-hydrogen) atoms. The predicted molar refractivity (Wildman–Crippen MR) is 111 cm³/mol. The van der Waals surface area contributed by atoms with Crippen molar-refractivity contribution in [1.29, 1.82) is 0 Å². The van der Waals surface area contributed by atoms with Crippen molar-refractivity contribution in [2.24, 2.45) is 40.4 Å².